The normalized spacial score (nSPS) is 26.3. The summed E-state index contributed by atoms with van der Waals surface area (Å²) >= 11 is 1.28. The molecule has 144 valence electrons. The Morgan fingerprint density at radius 1 is 1.44 bits per heavy atom. The number of hydrogen-bond acceptors (Lipinski definition) is 7. The first-order chi connectivity index (χ1) is 12.8. The molecule has 9 nitrogen and oxygen atoms in total. The van der Waals surface area contributed by atoms with Gasteiger partial charge in [-0.2, -0.15) is 0 Å². The van der Waals surface area contributed by atoms with Gasteiger partial charge in [0.1, 0.15) is 23.7 Å². The predicted octanol–water partition coefficient (Wildman–Crippen LogP) is -0.162. The van der Waals surface area contributed by atoms with E-state index in [-0.39, 0.29) is 24.5 Å². The second-order valence-electron chi connectivity index (χ2n) is 5.93. The molecule has 3 aliphatic rings. The Morgan fingerprint density at radius 3 is 2.78 bits per heavy atom. The number of amides is 2. The Morgan fingerprint density at radius 2 is 2.19 bits per heavy atom. The van der Waals surface area contributed by atoms with Gasteiger partial charge < -0.3 is 15.2 Å². The van der Waals surface area contributed by atoms with Crippen molar-refractivity contribution in [3.63, 3.8) is 0 Å². The zero-order valence-corrected chi connectivity index (χ0v) is 15.8. The lowest BCUT2D eigenvalue weighted by Crippen LogP contribution is -2.70. The van der Waals surface area contributed by atoms with E-state index in [0.717, 1.165) is 4.90 Å². The SMILES string of the molecule is CC(=O)OCC1=C(C(=O)O)N2C(=O)[C@@H](NC(=O)CC3=CC=CS3=O)[C@H]2SC1. The number of nitrogens with zero attached hydrogens (tertiary/aromatic N) is 1. The summed E-state index contributed by atoms with van der Waals surface area (Å²) in [4.78, 5) is 48.7. The van der Waals surface area contributed by atoms with Crippen molar-refractivity contribution in [2.75, 3.05) is 12.4 Å². The van der Waals surface area contributed by atoms with Gasteiger partial charge >= 0.3 is 11.9 Å². The Labute approximate surface area is 160 Å². The van der Waals surface area contributed by atoms with Gasteiger partial charge in [0, 0.05) is 28.6 Å². The molecular formula is C16H16N2O7S2. The monoisotopic (exact) mass is 412 g/mol. The van der Waals surface area contributed by atoms with Crippen molar-refractivity contribution in [2.24, 2.45) is 0 Å². The zero-order valence-electron chi connectivity index (χ0n) is 14.2. The quantitative estimate of drug-likeness (QED) is 0.455. The highest BCUT2D eigenvalue weighted by molar-refractivity contribution is 8.00. The second kappa shape index (κ2) is 7.69. The van der Waals surface area contributed by atoms with Crippen molar-refractivity contribution >= 4 is 46.3 Å². The number of nitrogens with one attached hydrogen (secondary N) is 1. The van der Waals surface area contributed by atoms with Crippen molar-refractivity contribution in [1.82, 2.24) is 10.2 Å². The number of rotatable bonds is 6. The van der Waals surface area contributed by atoms with Crippen molar-refractivity contribution < 1.29 is 33.2 Å². The summed E-state index contributed by atoms with van der Waals surface area (Å²) in [6.07, 6.45) is 3.09. The Hall–Kier alpha value is -2.40. The number of β-lactam (4-membered cyclic amide) rings is 1. The van der Waals surface area contributed by atoms with Crippen LogP contribution in [0.1, 0.15) is 13.3 Å². The van der Waals surface area contributed by atoms with Gasteiger partial charge in [-0.3, -0.25) is 19.3 Å². The maximum absolute atomic E-state index is 12.4. The first kappa shape index (κ1) is 19.4. The molecule has 3 aliphatic heterocycles. The van der Waals surface area contributed by atoms with Crippen molar-refractivity contribution in [3.05, 3.63) is 33.7 Å². The first-order valence-electron chi connectivity index (χ1n) is 7.90. The molecule has 0 saturated carbocycles. The molecule has 0 radical (unpaired) electrons. The number of carbonyl (C=O) groups is 4. The molecular weight excluding hydrogens is 396 g/mol. The van der Waals surface area contributed by atoms with Crippen LogP contribution in [0.3, 0.4) is 0 Å². The zero-order chi connectivity index (χ0) is 19.7. The smallest absolute Gasteiger partial charge is 0.352 e. The van der Waals surface area contributed by atoms with E-state index in [1.54, 1.807) is 12.2 Å². The molecule has 11 heteroatoms. The van der Waals surface area contributed by atoms with Crippen LogP contribution in [-0.2, 0) is 34.7 Å². The van der Waals surface area contributed by atoms with Gasteiger partial charge in [0.05, 0.1) is 17.2 Å². The number of carboxylic acids is 1. The summed E-state index contributed by atoms with van der Waals surface area (Å²) in [7, 11) is -1.33. The van der Waals surface area contributed by atoms with E-state index in [4.69, 9.17) is 4.74 Å². The number of hydrogen-bond donors (Lipinski definition) is 2. The number of fused-ring (bicyclic) bond motifs is 1. The molecule has 2 N–H and O–H groups in total. The number of carboxylic acid groups (broad SMARTS) is 1. The average Bonchev–Trinajstić information content (AvgIpc) is 3.01. The third-order valence-electron chi connectivity index (χ3n) is 4.09. The van der Waals surface area contributed by atoms with Gasteiger partial charge in [-0.25, -0.2) is 9.00 Å². The molecule has 1 saturated heterocycles. The number of ether oxygens (including phenoxy) is 1. The number of esters is 1. The fraction of sp³-hybridized carbons (Fsp3) is 0.375. The minimum Gasteiger partial charge on any atom is -0.477 e. The Bertz CT molecular complexity index is 846. The highest BCUT2D eigenvalue weighted by Crippen LogP contribution is 2.40. The number of thioether (sulfide) groups is 1. The van der Waals surface area contributed by atoms with E-state index >= 15 is 0 Å². The fourth-order valence-electron chi connectivity index (χ4n) is 2.87. The molecule has 1 fully saturated rings. The number of carbonyl (C=O) groups excluding carboxylic acids is 3. The lowest BCUT2D eigenvalue weighted by atomic mass is 10.0. The molecule has 0 aromatic carbocycles. The summed E-state index contributed by atoms with van der Waals surface area (Å²) in [5.74, 6) is -2.58. The van der Waals surface area contributed by atoms with E-state index in [1.807, 2.05) is 0 Å². The van der Waals surface area contributed by atoms with Gasteiger partial charge in [0.15, 0.2) is 0 Å². The van der Waals surface area contributed by atoms with Crippen LogP contribution in [0.15, 0.2) is 33.7 Å². The topological polar surface area (TPSA) is 130 Å². The molecule has 0 aromatic heterocycles. The largest absolute Gasteiger partial charge is 0.477 e. The number of allylic oxidation sites excluding steroid dienone is 2. The van der Waals surface area contributed by atoms with Gasteiger partial charge in [0.25, 0.3) is 5.91 Å². The maximum Gasteiger partial charge on any atom is 0.352 e. The minimum absolute atomic E-state index is 0.0971. The molecule has 3 heterocycles. The maximum atomic E-state index is 12.4. The second-order valence-corrected chi connectivity index (χ2v) is 8.42. The van der Waals surface area contributed by atoms with Gasteiger partial charge in [-0.15, -0.1) is 11.8 Å². The minimum atomic E-state index is -1.33. The standard InChI is InChI=1S/C16H16N2O7S2/c1-8(19)25-6-9-7-26-15-12(14(21)18(15)13(9)16(22)23)17-11(20)5-10-3-2-4-27(10)24/h2-4,12,15H,5-7H2,1H3,(H,17,20)(H,22,23)/t12-,15-,27?/m1/s1. The Balaban J connectivity index is 1.68. The van der Waals surface area contributed by atoms with Crippen molar-refractivity contribution in [1.29, 1.82) is 0 Å². The summed E-state index contributed by atoms with van der Waals surface area (Å²) < 4.78 is 16.5. The molecule has 0 spiro atoms. The lowest BCUT2D eigenvalue weighted by molar-refractivity contribution is -0.151. The van der Waals surface area contributed by atoms with Gasteiger partial charge in [-0.1, -0.05) is 6.08 Å². The molecule has 27 heavy (non-hydrogen) atoms. The van der Waals surface area contributed by atoms with E-state index in [2.05, 4.69) is 5.32 Å². The molecule has 3 rings (SSSR count). The van der Waals surface area contributed by atoms with Crippen LogP contribution in [0, 0.1) is 0 Å². The van der Waals surface area contributed by atoms with E-state index < -0.39 is 46.0 Å². The molecule has 0 bridgehead atoms. The van der Waals surface area contributed by atoms with Crippen molar-refractivity contribution in [3.8, 4) is 0 Å². The summed E-state index contributed by atoms with van der Waals surface area (Å²) in [5, 5.41) is 13.0. The summed E-state index contributed by atoms with van der Waals surface area (Å²) in [6.45, 7) is 1.01. The average molecular weight is 412 g/mol. The van der Waals surface area contributed by atoms with E-state index in [0.29, 0.717) is 10.5 Å². The van der Waals surface area contributed by atoms with Crippen LogP contribution in [0.4, 0.5) is 0 Å². The van der Waals surface area contributed by atoms with Crippen LogP contribution in [0.5, 0.6) is 0 Å². The van der Waals surface area contributed by atoms with E-state index in [9.17, 15) is 28.5 Å². The lowest BCUT2D eigenvalue weighted by Gasteiger charge is -2.49. The third-order valence-corrected chi connectivity index (χ3v) is 6.63. The highest BCUT2D eigenvalue weighted by atomic mass is 32.2. The van der Waals surface area contributed by atoms with Crippen LogP contribution < -0.4 is 5.32 Å². The first-order valence-corrected chi connectivity index (χ1v) is 10.2. The van der Waals surface area contributed by atoms with Gasteiger partial charge in [-0.05, 0) is 6.08 Å². The molecule has 2 amide bonds. The fourth-order valence-corrected chi connectivity index (χ4v) is 5.08. The third kappa shape index (κ3) is 3.83. The van der Waals surface area contributed by atoms with Crippen LogP contribution >= 0.6 is 11.8 Å². The summed E-state index contributed by atoms with van der Waals surface area (Å²) in [6, 6.07) is -0.851. The summed E-state index contributed by atoms with van der Waals surface area (Å²) in [5.41, 5.74) is 0.119. The van der Waals surface area contributed by atoms with Crippen LogP contribution in [0.25, 0.3) is 0 Å². The van der Waals surface area contributed by atoms with Crippen molar-refractivity contribution in [2.45, 2.75) is 24.8 Å². The molecule has 0 aromatic rings. The predicted molar refractivity (Wildman–Crippen MR) is 96.3 cm³/mol. The molecule has 3 atom stereocenters. The Kier molecular flexibility index (Phi) is 5.51. The molecule has 0 aliphatic carbocycles. The molecule has 1 unspecified atom stereocenters. The van der Waals surface area contributed by atoms with Crippen LogP contribution in [-0.4, -0.2) is 61.7 Å². The van der Waals surface area contributed by atoms with Gasteiger partial charge in [0.2, 0.25) is 5.91 Å². The van der Waals surface area contributed by atoms with Crippen LogP contribution in [0.2, 0.25) is 0 Å². The van der Waals surface area contributed by atoms with E-state index in [1.165, 1.54) is 24.1 Å². The highest BCUT2D eigenvalue weighted by Gasteiger charge is 2.54. The number of aliphatic carboxylic acids is 1.